The van der Waals surface area contributed by atoms with Crippen molar-refractivity contribution in [2.24, 2.45) is 5.73 Å². The highest BCUT2D eigenvalue weighted by atomic mass is 31.2. The maximum absolute atomic E-state index is 10.8. The van der Waals surface area contributed by atoms with Crippen LogP contribution in [0.1, 0.15) is 19.8 Å². The molecule has 2 unspecified atom stereocenters. The van der Waals surface area contributed by atoms with Gasteiger partial charge in [-0.15, -0.1) is 0 Å². The molecule has 0 radical (unpaired) electrons. The summed E-state index contributed by atoms with van der Waals surface area (Å²) in [6.07, 6.45) is 0.725. The molecule has 0 saturated carbocycles. The molecule has 2 atom stereocenters. The summed E-state index contributed by atoms with van der Waals surface area (Å²) in [6, 6.07) is -1.84. The molecule has 13 heteroatoms. The summed E-state index contributed by atoms with van der Waals surface area (Å²) in [6.45, 7) is 1.76. The molecular weight excluding hydrogens is 323 g/mol. The highest BCUT2D eigenvalue weighted by Gasteiger charge is 2.22. The summed E-state index contributed by atoms with van der Waals surface area (Å²) in [5.74, 6) is -2.37. The lowest BCUT2D eigenvalue weighted by atomic mass is 10.1. The van der Waals surface area contributed by atoms with Gasteiger partial charge in [0.2, 0.25) is 0 Å². The molecule has 0 aliphatic rings. The minimum atomic E-state index is -4.64. The van der Waals surface area contributed by atoms with Gasteiger partial charge in [-0.25, -0.2) is 4.57 Å². The summed E-state index contributed by atoms with van der Waals surface area (Å²) >= 11 is 0. The Kier molecular flexibility index (Phi) is 11.2. The van der Waals surface area contributed by atoms with Gasteiger partial charge in [0, 0.05) is 6.54 Å². The van der Waals surface area contributed by atoms with Crippen molar-refractivity contribution in [2.45, 2.75) is 31.8 Å². The molecular formula is C9H21N4O8P. The van der Waals surface area contributed by atoms with Crippen LogP contribution >= 0.6 is 7.82 Å². The van der Waals surface area contributed by atoms with E-state index in [0.29, 0.717) is 13.0 Å². The predicted molar refractivity (Wildman–Crippen MR) is 75.1 cm³/mol. The fraction of sp³-hybridized carbons (Fsp3) is 0.667. The van der Waals surface area contributed by atoms with E-state index in [1.165, 1.54) is 6.92 Å². The smallest absolute Gasteiger partial charge is 0.466 e. The topological polar surface area (TPSA) is 226 Å². The van der Waals surface area contributed by atoms with Crippen molar-refractivity contribution in [3.63, 3.8) is 0 Å². The standard InChI is InChI=1S/C9H18N4O4.H3O4P/c1-5(7(14)15)13-6(8(16)17)3-2-4-12-9(10)11;1-5(2,3)4/h5-6,13H,2-4H2,1H3,(H,14,15)(H,16,17)(H4,10,11,12);(H3,1,2,3,4). The number of nitrogens with one attached hydrogen (secondary N) is 3. The molecule has 0 aromatic rings. The maximum atomic E-state index is 10.8. The molecule has 0 saturated heterocycles. The van der Waals surface area contributed by atoms with Crippen LogP contribution in [0.4, 0.5) is 0 Å². The lowest BCUT2D eigenvalue weighted by Crippen LogP contribution is -2.46. The number of hydrogen-bond acceptors (Lipinski definition) is 5. The first kappa shape index (κ1) is 22.6. The summed E-state index contributed by atoms with van der Waals surface area (Å²) in [5, 5.41) is 29.4. The monoisotopic (exact) mass is 344 g/mol. The SMILES string of the molecule is CC(NC(CCCNC(=N)N)C(=O)O)C(=O)O.O=P(O)(O)O. The van der Waals surface area contributed by atoms with Crippen LogP contribution in [0.25, 0.3) is 0 Å². The number of rotatable bonds is 8. The van der Waals surface area contributed by atoms with Gasteiger partial charge in [0.05, 0.1) is 0 Å². The molecule has 0 rings (SSSR count). The first-order valence-electron chi connectivity index (χ1n) is 5.92. The highest BCUT2D eigenvalue weighted by Crippen LogP contribution is 2.25. The van der Waals surface area contributed by atoms with Gasteiger partial charge < -0.3 is 35.9 Å². The van der Waals surface area contributed by atoms with E-state index in [2.05, 4.69) is 10.6 Å². The number of nitrogens with two attached hydrogens (primary N) is 1. The highest BCUT2D eigenvalue weighted by molar-refractivity contribution is 7.45. The molecule has 22 heavy (non-hydrogen) atoms. The van der Waals surface area contributed by atoms with Crippen LogP contribution in [0.2, 0.25) is 0 Å². The van der Waals surface area contributed by atoms with E-state index in [4.69, 9.17) is 40.6 Å². The Labute approximate surface area is 126 Å². The third kappa shape index (κ3) is 18.3. The third-order valence-corrected chi connectivity index (χ3v) is 2.10. The molecule has 0 spiro atoms. The average Bonchev–Trinajstić information content (AvgIpc) is 2.29. The van der Waals surface area contributed by atoms with Gasteiger partial charge in [0.25, 0.3) is 0 Å². The second kappa shape index (κ2) is 10.9. The van der Waals surface area contributed by atoms with Gasteiger partial charge in [0.15, 0.2) is 5.96 Å². The Morgan fingerprint density at radius 2 is 1.68 bits per heavy atom. The van der Waals surface area contributed by atoms with E-state index >= 15 is 0 Å². The fourth-order valence-electron chi connectivity index (χ4n) is 1.18. The van der Waals surface area contributed by atoms with Crippen molar-refractivity contribution in [1.29, 1.82) is 5.41 Å². The van der Waals surface area contributed by atoms with Gasteiger partial charge in [-0.05, 0) is 19.8 Å². The third-order valence-electron chi connectivity index (χ3n) is 2.10. The van der Waals surface area contributed by atoms with Crippen LogP contribution in [0, 0.1) is 5.41 Å². The summed E-state index contributed by atoms with van der Waals surface area (Å²) < 4.78 is 8.88. The number of carbonyl (C=O) groups is 2. The quantitative estimate of drug-likeness (QED) is 0.0996. The Morgan fingerprint density at radius 3 is 2.00 bits per heavy atom. The second-order valence-electron chi connectivity index (χ2n) is 4.11. The molecule has 0 aliphatic carbocycles. The Balaban J connectivity index is 0. The fourth-order valence-corrected chi connectivity index (χ4v) is 1.18. The van der Waals surface area contributed by atoms with Crippen molar-refractivity contribution < 1.29 is 39.0 Å². The van der Waals surface area contributed by atoms with E-state index < -0.39 is 31.8 Å². The maximum Gasteiger partial charge on any atom is 0.466 e. The van der Waals surface area contributed by atoms with Crippen molar-refractivity contribution in [3.8, 4) is 0 Å². The number of carboxylic acid groups (broad SMARTS) is 2. The van der Waals surface area contributed by atoms with Crippen molar-refractivity contribution in [3.05, 3.63) is 0 Å². The molecule has 0 heterocycles. The number of aliphatic carboxylic acids is 2. The molecule has 0 fully saturated rings. The lowest BCUT2D eigenvalue weighted by Gasteiger charge is -2.17. The van der Waals surface area contributed by atoms with Crippen molar-refractivity contribution in [1.82, 2.24) is 10.6 Å². The summed E-state index contributed by atoms with van der Waals surface area (Å²) in [5.41, 5.74) is 5.05. The molecule has 12 nitrogen and oxygen atoms in total. The van der Waals surface area contributed by atoms with Gasteiger partial charge in [-0.3, -0.25) is 20.3 Å². The van der Waals surface area contributed by atoms with Crippen molar-refractivity contribution >= 4 is 25.7 Å². The molecule has 0 amide bonds. The van der Waals surface area contributed by atoms with Crippen LogP contribution in [0.3, 0.4) is 0 Å². The lowest BCUT2D eigenvalue weighted by molar-refractivity contribution is -0.142. The Morgan fingerprint density at radius 1 is 1.23 bits per heavy atom. The van der Waals surface area contributed by atoms with Crippen molar-refractivity contribution in [2.75, 3.05) is 6.54 Å². The predicted octanol–water partition coefficient (Wildman–Crippen LogP) is -2.16. The van der Waals surface area contributed by atoms with Crippen LogP contribution in [0.15, 0.2) is 0 Å². The first-order chi connectivity index (χ1) is 9.84. The normalized spacial score (nSPS) is 13.3. The van der Waals surface area contributed by atoms with Crippen LogP contribution in [0.5, 0.6) is 0 Å². The minimum absolute atomic E-state index is 0.177. The van der Waals surface area contributed by atoms with Crippen LogP contribution in [-0.4, -0.2) is 61.4 Å². The average molecular weight is 344 g/mol. The number of hydrogen-bond donors (Lipinski definition) is 9. The van der Waals surface area contributed by atoms with Gasteiger partial charge >= 0.3 is 19.8 Å². The Hall–Kier alpha value is -1.72. The van der Waals surface area contributed by atoms with E-state index in [1.54, 1.807) is 0 Å². The van der Waals surface area contributed by atoms with E-state index in [0.717, 1.165) is 0 Å². The van der Waals surface area contributed by atoms with Crippen LogP contribution in [-0.2, 0) is 14.2 Å². The molecule has 0 aliphatic heterocycles. The Bertz CT molecular complexity index is 418. The van der Waals surface area contributed by atoms with E-state index in [1.807, 2.05) is 0 Å². The zero-order valence-corrected chi connectivity index (χ0v) is 12.7. The van der Waals surface area contributed by atoms with E-state index in [-0.39, 0.29) is 12.4 Å². The number of carboxylic acids is 2. The zero-order chi connectivity index (χ0) is 17.9. The van der Waals surface area contributed by atoms with E-state index in [9.17, 15) is 9.59 Å². The van der Waals surface area contributed by atoms with Crippen LogP contribution < -0.4 is 16.4 Å². The second-order valence-corrected chi connectivity index (χ2v) is 5.14. The van der Waals surface area contributed by atoms with Gasteiger partial charge in [-0.2, -0.15) is 0 Å². The molecule has 0 bridgehead atoms. The first-order valence-corrected chi connectivity index (χ1v) is 7.49. The number of phosphoric acid groups is 1. The largest absolute Gasteiger partial charge is 0.480 e. The summed E-state index contributed by atoms with van der Waals surface area (Å²) in [4.78, 5) is 43.0. The van der Waals surface area contributed by atoms with Gasteiger partial charge in [0.1, 0.15) is 12.1 Å². The molecule has 0 aromatic carbocycles. The summed E-state index contributed by atoms with van der Waals surface area (Å²) in [7, 11) is -4.64. The molecule has 130 valence electrons. The number of guanidine groups is 1. The zero-order valence-electron chi connectivity index (χ0n) is 11.8. The molecule has 0 aromatic heterocycles. The molecule has 10 N–H and O–H groups in total. The van der Waals surface area contributed by atoms with Gasteiger partial charge in [-0.1, -0.05) is 0 Å². The minimum Gasteiger partial charge on any atom is -0.480 e.